The van der Waals surface area contributed by atoms with E-state index in [4.69, 9.17) is 0 Å². The summed E-state index contributed by atoms with van der Waals surface area (Å²) in [6, 6.07) is 5.62. The number of hydrogen-bond acceptors (Lipinski definition) is 2. The quantitative estimate of drug-likeness (QED) is 0.642. The van der Waals surface area contributed by atoms with Crippen LogP contribution in [-0.4, -0.2) is 30.6 Å². The molecule has 6 heteroatoms. The van der Waals surface area contributed by atoms with Crippen molar-refractivity contribution < 1.29 is 4.39 Å². The van der Waals surface area contributed by atoms with Crippen LogP contribution in [0.4, 0.5) is 4.39 Å². The van der Waals surface area contributed by atoms with Crippen molar-refractivity contribution in [2.75, 3.05) is 18.6 Å². The van der Waals surface area contributed by atoms with Gasteiger partial charge in [-0.1, -0.05) is 6.07 Å². The molecular formula is C14H19BrFN3S. The Balaban J connectivity index is 1.85. The molecule has 1 aromatic rings. The van der Waals surface area contributed by atoms with Crippen molar-refractivity contribution in [2.45, 2.75) is 25.4 Å². The van der Waals surface area contributed by atoms with E-state index in [9.17, 15) is 4.39 Å². The van der Waals surface area contributed by atoms with E-state index in [2.05, 4.69) is 31.6 Å². The van der Waals surface area contributed by atoms with Gasteiger partial charge >= 0.3 is 0 Å². The van der Waals surface area contributed by atoms with Gasteiger partial charge in [-0.05, 0) is 52.2 Å². The Morgan fingerprint density at radius 1 is 1.55 bits per heavy atom. The topological polar surface area (TPSA) is 36.4 Å². The van der Waals surface area contributed by atoms with Crippen LogP contribution in [0.1, 0.15) is 18.4 Å². The predicted molar refractivity (Wildman–Crippen MR) is 87.8 cm³/mol. The molecule has 1 heterocycles. The molecule has 0 radical (unpaired) electrons. The third-order valence-electron chi connectivity index (χ3n) is 3.17. The maximum Gasteiger partial charge on any atom is 0.191 e. The molecule has 2 rings (SSSR count). The summed E-state index contributed by atoms with van der Waals surface area (Å²) in [6.45, 7) is 0.559. The first-order valence-corrected chi connectivity index (χ1v) is 8.62. The molecule has 0 amide bonds. The fraction of sp³-hybridized carbons (Fsp3) is 0.500. The highest BCUT2D eigenvalue weighted by atomic mass is 79.9. The van der Waals surface area contributed by atoms with Crippen LogP contribution in [0.2, 0.25) is 0 Å². The summed E-state index contributed by atoms with van der Waals surface area (Å²) in [4.78, 5) is 4.22. The fourth-order valence-electron chi connectivity index (χ4n) is 2.08. The standard InChI is InChI=1S/C14H19BrFN3S/c1-17-14(19-11-3-2-6-20-9-11)18-8-10-4-5-12(15)13(16)7-10/h4-5,7,11H,2-3,6,8-9H2,1H3,(H2,17,18,19). The van der Waals surface area contributed by atoms with Crippen molar-refractivity contribution in [1.29, 1.82) is 0 Å². The number of halogens is 2. The van der Waals surface area contributed by atoms with E-state index in [1.54, 1.807) is 13.1 Å². The molecule has 0 saturated carbocycles. The Hall–Kier alpha value is -0.750. The van der Waals surface area contributed by atoms with Crippen molar-refractivity contribution in [3.8, 4) is 0 Å². The van der Waals surface area contributed by atoms with E-state index >= 15 is 0 Å². The van der Waals surface area contributed by atoms with Gasteiger partial charge < -0.3 is 10.6 Å². The minimum absolute atomic E-state index is 0.240. The first-order chi connectivity index (χ1) is 9.69. The van der Waals surface area contributed by atoms with Gasteiger partial charge in [0.05, 0.1) is 4.47 Å². The lowest BCUT2D eigenvalue weighted by molar-refractivity contribution is 0.581. The fourth-order valence-corrected chi connectivity index (χ4v) is 3.40. The molecular weight excluding hydrogens is 341 g/mol. The maximum atomic E-state index is 13.4. The molecule has 3 nitrogen and oxygen atoms in total. The normalized spacial score (nSPS) is 19.8. The van der Waals surface area contributed by atoms with E-state index in [-0.39, 0.29) is 5.82 Å². The molecule has 1 aromatic carbocycles. The number of guanidine groups is 1. The SMILES string of the molecule is CN=C(NCc1ccc(Br)c(F)c1)NC1CCCSC1. The number of aliphatic imine (C=N–C) groups is 1. The second-order valence-corrected chi connectivity index (χ2v) is 6.74. The summed E-state index contributed by atoms with van der Waals surface area (Å²) in [5, 5.41) is 6.64. The van der Waals surface area contributed by atoms with Crippen molar-refractivity contribution in [1.82, 2.24) is 10.6 Å². The van der Waals surface area contributed by atoms with Gasteiger partial charge in [0.1, 0.15) is 5.82 Å². The van der Waals surface area contributed by atoms with Crippen LogP contribution in [0.5, 0.6) is 0 Å². The van der Waals surface area contributed by atoms with Crippen molar-refractivity contribution in [3.05, 3.63) is 34.1 Å². The van der Waals surface area contributed by atoms with Crippen LogP contribution in [-0.2, 0) is 6.54 Å². The minimum Gasteiger partial charge on any atom is -0.353 e. The Labute approximate surface area is 131 Å². The zero-order chi connectivity index (χ0) is 14.4. The lowest BCUT2D eigenvalue weighted by Crippen LogP contribution is -2.45. The summed E-state index contributed by atoms with van der Waals surface area (Å²) >= 11 is 5.13. The van der Waals surface area contributed by atoms with Crippen LogP contribution in [0.25, 0.3) is 0 Å². The molecule has 1 aliphatic rings. The van der Waals surface area contributed by atoms with Crippen molar-refractivity contribution >= 4 is 33.7 Å². The molecule has 110 valence electrons. The van der Waals surface area contributed by atoms with Crippen LogP contribution < -0.4 is 10.6 Å². The van der Waals surface area contributed by atoms with Gasteiger partial charge in [0.25, 0.3) is 0 Å². The number of nitrogens with zero attached hydrogens (tertiary/aromatic N) is 1. The van der Waals surface area contributed by atoms with Gasteiger partial charge in [0.2, 0.25) is 0 Å². The molecule has 1 unspecified atom stereocenters. The van der Waals surface area contributed by atoms with E-state index in [1.807, 2.05) is 17.8 Å². The molecule has 1 saturated heterocycles. The monoisotopic (exact) mass is 359 g/mol. The molecule has 0 bridgehead atoms. The van der Waals surface area contributed by atoms with Crippen LogP contribution in [0.3, 0.4) is 0 Å². The highest BCUT2D eigenvalue weighted by Crippen LogP contribution is 2.17. The third-order valence-corrected chi connectivity index (χ3v) is 5.03. The third kappa shape index (κ3) is 4.66. The zero-order valence-electron chi connectivity index (χ0n) is 11.5. The van der Waals surface area contributed by atoms with Gasteiger partial charge in [0, 0.05) is 25.4 Å². The number of benzene rings is 1. The number of nitrogens with one attached hydrogen (secondary N) is 2. The second kappa shape index (κ2) is 7.88. The van der Waals surface area contributed by atoms with E-state index in [0.29, 0.717) is 17.1 Å². The Bertz CT molecular complexity index is 475. The highest BCUT2D eigenvalue weighted by Gasteiger charge is 2.14. The highest BCUT2D eigenvalue weighted by molar-refractivity contribution is 9.10. The lowest BCUT2D eigenvalue weighted by atomic mass is 10.2. The van der Waals surface area contributed by atoms with Gasteiger partial charge in [-0.15, -0.1) is 0 Å². The van der Waals surface area contributed by atoms with Gasteiger partial charge in [-0.25, -0.2) is 4.39 Å². The largest absolute Gasteiger partial charge is 0.353 e. The summed E-state index contributed by atoms with van der Waals surface area (Å²) in [5.74, 6) is 2.91. The Morgan fingerprint density at radius 3 is 3.05 bits per heavy atom. The van der Waals surface area contributed by atoms with Gasteiger partial charge in [0.15, 0.2) is 5.96 Å². The Kier molecular flexibility index (Phi) is 6.16. The first-order valence-electron chi connectivity index (χ1n) is 6.68. The Morgan fingerprint density at radius 2 is 2.40 bits per heavy atom. The molecule has 0 spiro atoms. The van der Waals surface area contributed by atoms with Crippen molar-refractivity contribution in [3.63, 3.8) is 0 Å². The first kappa shape index (κ1) is 15.6. The van der Waals surface area contributed by atoms with E-state index < -0.39 is 0 Å². The zero-order valence-corrected chi connectivity index (χ0v) is 13.9. The van der Waals surface area contributed by atoms with E-state index in [1.165, 1.54) is 24.7 Å². The molecule has 0 aromatic heterocycles. The summed E-state index contributed by atoms with van der Waals surface area (Å²) in [6.07, 6.45) is 2.43. The van der Waals surface area contributed by atoms with Crippen LogP contribution >= 0.6 is 27.7 Å². The van der Waals surface area contributed by atoms with E-state index in [0.717, 1.165) is 17.3 Å². The minimum atomic E-state index is -0.240. The summed E-state index contributed by atoms with van der Waals surface area (Å²) in [7, 11) is 1.76. The number of thioether (sulfide) groups is 1. The molecule has 1 fully saturated rings. The molecule has 0 aliphatic carbocycles. The predicted octanol–water partition coefficient (Wildman–Crippen LogP) is 3.15. The summed E-state index contributed by atoms with van der Waals surface area (Å²) in [5.41, 5.74) is 0.895. The van der Waals surface area contributed by atoms with Gasteiger partial charge in [-0.2, -0.15) is 11.8 Å². The van der Waals surface area contributed by atoms with Gasteiger partial charge in [-0.3, -0.25) is 4.99 Å². The van der Waals surface area contributed by atoms with Crippen molar-refractivity contribution in [2.24, 2.45) is 4.99 Å². The average Bonchev–Trinajstić information content (AvgIpc) is 2.48. The smallest absolute Gasteiger partial charge is 0.191 e. The summed E-state index contributed by atoms with van der Waals surface area (Å²) < 4.78 is 13.9. The maximum absolute atomic E-state index is 13.4. The molecule has 1 aliphatic heterocycles. The molecule has 1 atom stereocenters. The molecule has 20 heavy (non-hydrogen) atoms. The second-order valence-electron chi connectivity index (χ2n) is 4.73. The molecule has 2 N–H and O–H groups in total. The van der Waals surface area contributed by atoms with Crippen LogP contribution in [0, 0.1) is 5.82 Å². The number of rotatable bonds is 3. The number of hydrogen-bond donors (Lipinski definition) is 2. The van der Waals surface area contributed by atoms with Crippen LogP contribution in [0.15, 0.2) is 27.7 Å². The average molecular weight is 360 g/mol. The lowest BCUT2D eigenvalue weighted by Gasteiger charge is -2.24.